The molecule has 0 aliphatic carbocycles. The van der Waals surface area contributed by atoms with Gasteiger partial charge in [0.25, 0.3) is 0 Å². The number of hydrogen-bond donors (Lipinski definition) is 0. The van der Waals surface area contributed by atoms with Crippen molar-refractivity contribution in [2.75, 3.05) is 0 Å². The molecule has 0 aliphatic heterocycles. The SMILES string of the molecule is CC(=O)c1ccc(C#N)cc1Oc1ccccc1. The van der Waals surface area contributed by atoms with Crippen LogP contribution in [0.2, 0.25) is 0 Å². The van der Waals surface area contributed by atoms with Crippen LogP contribution in [0.3, 0.4) is 0 Å². The van der Waals surface area contributed by atoms with Gasteiger partial charge in [-0.25, -0.2) is 0 Å². The first-order valence-corrected chi connectivity index (χ1v) is 5.48. The Morgan fingerprint density at radius 3 is 2.50 bits per heavy atom. The monoisotopic (exact) mass is 237 g/mol. The Bertz CT molecular complexity index is 612. The molecular formula is C15H11NO2. The van der Waals surface area contributed by atoms with Crippen molar-refractivity contribution in [3.8, 4) is 17.6 Å². The molecule has 2 rings (SSSR count). The maximum atomic E-state index is 11.5. The van der Waals surface area contributed by atoms with Crippen LogP contribution >= 0.6 is 0 Å². The van der Waals surface area contributed by atoms with E-state index in [0.717, 1.165) is 0 Å². The summed E-state index contributed by atoms with van der Waals surface area (Å²) in [6, 6.07) is 16.0. The van der Waals surface area contributed by atoms with Gasteiger partial charge in [0.2, 0.25) is 0 Å². The standard InChI is InChI=1S/C15H11NO2/c1-11(17)14-8-7-12(10-16)9-15(14)18-13-5-3-2-4-6-13/h2-9H,1H3. The number of hydrogen-bond acceptors (Lipinski definition) is 3. The van der Waals surface area contributed by atoms with Gasteiger partial charge in [0.1, 0.15) is 11.5 Å². The fourth-order valence-corrected chi connectivity index (χ4v) is 1.58. The molecule has 0 N–H and O–H groups in total. The molecule has 0 spiro atoms. The third-order valence-corrected chi connectivity index (χ3v) is 2.46. The zero-order valence-electron chi connectivity index (χ0n) is 9.88. The number of nitrogens with zero attached hydrogens (tertiary/aromatic N) is 1. The van der Waals surface area contributed by atoms with E-state index in [9.17, 15) is 4.79 Å². The van der Waals surface area contributed by atoms with Gasteiger partial charge < -0.3 is 4.74 Å². The zero-order chi connectivity index (χ0) is 13.0. The first kappa shape index (κ1) is 11.9. The number of rotatable bonds is 3. The van der Waals surface area contributed by atoms with Crippen molar-refractivity contribution < 1.29 is 9.53 Å². The Kier molecular flexibility index (Phi) is 3.40. The topological polar surface area (TPSA) is 50.1 Å². The molecule has 18 heavy (non-hydrogen) atoms. The van der Waals surface area contributed by atoms with Crippen molar-refractivity contribution >= 4 is 5.78 Å². The second kappa shape index (κ2) is 5.15. The third-order valence-electron chi connectivity index (χ3n) is 2.46. The van der Waals surface area contributed by atoms with E-state index in [1.54, 1.807) is 30.3 Å². The smallest absolute Gasteiger partial charge is 0.163 e. The number of carbonyl (C=O) groups is 1. The minimum Gasteiger partial charge on any atom is -0.457 e. The van der Waals surface area contributed by atoms with E-state index in [1.807, 2.05) is 24.3 Å². The number of para-hydroxylation sites is 1. The van der Waals surface area contributed by atoms with Gasteiger partial charge in [-0.05, 0) is 37.3 Å². The Labute approximate surface area is 105 Å². The average Bonchev–Trinajstić information content (AvgIpc) is 2.39. The van der Waals surface area contributed by atoms with Gasteiger partial charge in [0.15, 0.2) is 5.78 Å². The van der Waals surface area contributed by atoms with E-state index in [0.29, 0.717) is 22.6 Å². The van der Waals surface area contributed by atoms with Crippen molar-refractivity contribution in [1.29, 1.82) is 5.26 Å². The lowest BCUT2D eigenvalue weighted by atomic mass is 10.1. The molecule has 2 aromatic rings. The highest BCUT2D eigenvalue weighted by molar-refractivity contribution is 5.97. The number of benzene rings is 2. The maximum Gasteiger partial charge on any atom is 0.163 e. The normalized spacial score (nSPS) is 9.56. The van der Waals surface area contributed by atoms with Crippen LogP contribution in [0, 0.1) is 11.3 Å². The summed E-state index contributed by atoms with van der Waals surface area (Å²) >= 11 is 0. The molecule has 0 unspecified atom stereocenters. The van der Waals surface area contributed by atoms with Gasteiger partial charge in [0.05, 0.1) is 17.2 Å². The highest BCUT2D eigenvalue weighted by Crippen LogP contribution is 2.26. The van der Waals surface area contributed by atoms with Crippen molar-refractivity contribution in [1.82, 2.24) is 0 Å². The zero-order valence-corrected chi connectivity index (χ0v) is 9.88. The van der Waals surface area contributed by atoms with E-state index >= 15 is 0 Å². The second-order valence-electron chi connectivity index (χ2n) is 3.79. The molecule has 88 valence electrons. The number of Topliss-reactive ketones (excluding diaryl/α,β-unsaturated/α-hetero) is 1. The Balaban J connectivity index is 2.42. The molecule has 0 amide bonds. The Morgan fingerprint density at radius 2 is 1.89 bits per heavy atom. The van der Waals surface area contributed by atoms with Gasteiger partial charge >= 0.3 is 0 Å². The number of ketones is 1. The van der Waals surface area contributed by atoms with Gasteiger partial charge in [-0.2, -0.15) is 5.26 Å². The van der Waals surface area contributed by atoms with Crippen LogP contribution in [0.4, 0.5) is 0 Å². The molecule has 3 nitrogen and oxygen atoms in total. The van der Waals surface area contributed by atoms with E-state index in [1.165, 1.54) is 6.92 Å². The largest absolute Gasteiger partial charge is 0.457 e. The maximum absolute atomic E-state index is 11.5. The van der Waals surface area contributed by atoms with Gasteiger partial charge in [-0.3, -0.25) is 4.79 Å². The second-order valence-corrected chi connectivity index (χ2v) is 3.79. The fourth-order valence-electron chi connectivity index (χ4n) is 1.58. The van der Waals surface area contributed by atoms with E-state index in [4.69, 9.17) is 10.00 Å². The summed E-state index contributed by atoms with van der Waals surface area (Å²) in [5, 5.41) is 8.87. The molecule has 0 saturated carbocycles. The molecular weight excluding hydrogens is 226 g/mol. The van der Waals surface area contributed by atoms with Crippen LogP contribution < -0.4 is 4.74 Å². The highest BCUT2D eigenvalue weighted by Gasteiger charge is 2.10. The summed E-state index contributed by atoms with van der Waals surface area (Å²) in [6.07, 6.45) is 0. The molecule has 2 aromatic carbocycles. The van der Waals surface area contributed by atoms with Crippen LogP contribution in [0.1, 0.15) is 22.8 Å². The van der Waals surface area contributed by atoms with Crippen LogP contribution in [0.5, 0.6) is 11.5 Å². The summed E-state index contributed by atoms with van der Waals surface area (Å²) in [5.74, 6) is 0.952. The molecule has 3 heteroatoms. The molecule has 0 saturated heterocycles. The van der Waals surface area contributed by atoms with Crippen LogP contribution in [-0.2, 0) is 0 Å². The van der Waals surface area contributed by atoms with Crippen LogP contribution in [0.25, 0.3) is 0 Å². The highest BCUT2D eigenvalue weighted by atomic mass is 16.5. The van der Waals surface area contributed by atoms with Crippen molar-refractivity contribution in [3.05, 3.63) is 59.7 Å². The lowest BCUT2D eigenvalue weighted by molar-refractivity contribution is 0.101. The summed E-state index contributed by atoms with van der Waals surface area (Å²) in [6.45, 7) is 1.47. The summed E-state index contributed by atoms with van der Waals surface area (Å²) in [5.41, 5.74) is 0.934. The Morgan fingerprint density at radius 1 is 1.17 bits per heavy atom. The van der Waals surface area contributed by atoms with E-state index in [-0.39, 0.29) is 5.78 Å². The molecule has 0 heterocycles. The predicted octanol–water partition coefficient (Wildman–Crippen LogP) is 3.55. The number of nitriles is 1. The van der Waals surface area contributed by atoms with Gasteiger partial charge in [-0.15, -0.1) is 0 Å². The summed E-state index contributed by atoms with van der Waals surface area (Å²) in [4.78, 5) is 11.5. The van der Waals surface area contributed by atoms with Crippen molar-refractivity contribution in [2.45, 2.75) is 6.92 Å². The average molecular weight is 237 g/mol. The minimum atomic E-state index is -0.0922. The van der Waals surface area contributed by atoms with Crippen LogP contribution in [-0.4, -0.2) is 5.78 Å². The van der Waals surface area contributed by atoms with E-state index < -0.39 is 0 Å². The molecule has 0 fully saturated rings. The minimum absolute atomic E-state index is 0.0922. The third kappa shape index (κ3) is 2.55. The molecule has 0 atom stereocenters. The molecule has 0 bridgehead atoms. The van der Waals surface area contributed by atoms with Crippen LogP contribution in [0.15, 0.2) is 48.5 Å². The first-order chi connectivity index (χ1) is 8.70. The summed E-state index contributed by atoms with van der Waals surface area (Å²) < 4.78 is 5.64. The number of carbonyl (C=O) groups excluding carboxylic acids is 1. The number of ether oxygens (including phenoxy) is 1. The van der Waals surface area contributed by atoms with Gasteiger partial charge in [0, 0.05) is 0 Å². The van der Waals surface area contributed by atoms with E-state index in [2.05, 4.69) is 0 Å². The van der Waals surface area contributed by atoms with Crippen molar-refractivity contribution in [2.24, 2.45) is 0 Å². The molecule has 0 aromatic heterocycles. The van der Waals surface area contributed by atoms with Gasteiger partial charge in [-0.1, -0.05) is 18.2 Å². The summed E-state index contributed by atoms with van der Waals surface area (Å²) in [7, 11) is 0. The first-order valence-electron chi connectivity index (χ1n) is 5.48. The molecule has 0 radical (unpaired) electrons. The lowest BCUT2D eigenvalue weighted by Crippen LogP contribution is -1.97. The fraction of sp³-hybridized carbons (Fsp3) is 0.0667. The lowest BCUT2D eigenvalue weighted by Gasteiger charge is -2.09. The predicted molar refractivity (Wildman–Crippen MR) is 67.7 cm³/mol. The van der Waals surface area contributed by atoms with Crippen molar-refractivity contribution in [3.63, 3.8) is 0 Å². The molecule has 0 aliphatic rings. The Hall–Kier alpha value is -2.60. The quantitative estimate of drug-likeness (QED) is 0.767.